The molecule has 0 amide bonds. The van der Waals surface area contributed by atoms with Crippen LogP contribution in [0.2, 0.25) is 0 Å². The summed E-state index contributed by atoms with van der Waals surface area (Å²) >= 11 is 0. The summed E-state index contributed by atoms with van der Waals surface area (Å²) in [6.07, 6.45) is 0. The lowest BCUT2D eigenvalue weighted by atomic mass is 10.2. The fourth-order valence-corrected chi connectivity index (χ4v) is 2.25. The molecule has 0 bridgehead atoms. The minimum absolute atomic E-state index is 0.0592. The summed E-state index contributed by atoms with van der Waals surface area (Å²) in [7, 11) is 1.64. The molecule has 21 heavy (non-hydrogen) atoms. The molecule has 0 aliphatic carbocycles. The van der Waals surface area contributed by atoms with E-state index >= 15 is 0 Å². The van der Waals surface area contributed by atoms with E-state index in [1.165, 1.54) is 0 Å². The van der Waals surface area contributed by atoms with Gasteiger partial charge in [0.1, 0.15) is 5.76 Å². The van der Waals surface area contributed by atoms with Gasteiger partial charge in [0.2, 0.25) is 0 Å². The van der Waals surface area contributed by atoms with Crippen LogP contribution in [0.25, 0.3) is 11.0 Å². The minimum atomic E-state index is 0.0592. The van der Waals surface area contributed by atoms with E-state index in [9.17, 15) is 0 Å². The number of fused-ring (bicyclic) bond motifs is 1. The second-order valence-corrected chi connectivity index (χ2v) is 4.80. The van der Waals surface area contributed by atoms with Crippen molar-refractivity contribution in [2.45, 2.75) is 13.2 Å². The average Bonchev–Trinajstić information content (AvgIpc) is 2.96. The van der Waals surface area contributed by atoms with Crippen LogP contribution in [0.3, 0.4) is 0 Å². The highest BCUT2D eigenvalue weighted by Gasteiger charge is 2.08. The van der Waals surface area contributed by atoms with Gasteiger partial charge in [0, 0.05) is 11.1 Å². The standard InChI is InChI=1S/C17H17NO3/c1-20-16-4-2-3-13-9-15(21-17(13)16)10-18-14-7-5-12(11-19)6-8-14/h2-9,18-19H,10-11H2,1H3. The Morgan fingerprint density at radius 1 is 1.14 bits per heavy atom. The predicted octanol–water partition coefficient (Wildman–Crippen LogP) is 3.55. The zero-order valence-corrected chi connectivity index (χ0v) is 11.8. The van der Waals surface area contributed by atoms with E-state index < -0.39 is 0 Å². The first-order valence-electron chi connectivity index (χ1n) is 6.79. The summed E-state index contributed by atoms with van der Waals surface area (Å²) in [5.41, 5.74) is 2.65. The second kappa shape index (κ2) is 5.89. The van der Waals surface area contributed by atoms with Crippen LogP contribution in [0, 0.1) is 0 Å². The lowest BCUT2D eigenvalue weighted by Gasteiger charge is -2.05. The number of ether oxygens (including phenoxy) is 1. The molecular weight excluding hydrogens is 266 g/mol. The third kappa shape index (κ3) is 2.85. The van der Waals surface area contributed by atoms with Crippen molar-refractivity contribution in [1.82, 2.24) is 0 Å². The van der Waals surface area contributed by atoms with Gasteiger partial charge in [0.05, 0.1) is 20.3 Å². The lowest BCUT2D eigenvalue weighted by Crippen LogP contribution is -1.98. The first-order valence-corrected chi connectivity index (χ1v) is 6.79. The molecule has 0 fully saturated rings. The summed E-state index contributed by atoms with van der Waals surface area (Å²) in [6.45, 7) is 0.653. The number of para-hydroxylation sites is 1. The molecule has 0 aliphatic rings. The number of methoxy groups -OCH3 is 1. The zero-order valence-electron chi connectivity index (χ0n) is 11.8. The third-order valence-electron chi connectivity index (χ3n) is 3.38. The molecule has 0 saturated carbocycles. The number of aliphatic hydroxyl groups is 1. The van der Waals surface area contributed by atoms with Crippen LogP contribution >= 0.6 is 0 Å². The molecule has 0 atom stereocenters. The normalized spacial score (nSPS) is 10.8. The van der Waals surface area contributed by atoms with Gasteiger partial charge < -0.3 is 19.6 Å². The summed E-state index contributed by atoms with van der Waals surface area (Å²) in [4.78, 5) is 0. The zero-order chi connectivity index (χ0) is 14.7. The van der Waals surface area contributed by atoms with Crippen molar-refractivity contribution < 1.29 is 14.3 Å². The van der Waals surface area contributed by atoms with Gasteiger partial charge in [0.25, 0.3) is 0 Å². The SMILES string of the molecule is COc1cccc2cc(CNc3ccc(CO)cc3)oc12. The van der Waals surface area contributed by atoms with Crippen molar-refractivity contribution >= 4 is 16.7 Å². The highest BCUT2D eigenvalue weighted by Crippen LogP contribution is 2.28. The van der Waals surface area contributed by atoms with E-state index in [1.807, 2.05) is 48.5 Å². The van der Waals surface area contributed by atoms with Gasteiger partial charge in [-0.1, -0.05) is 24.3 Å². The van der Waals surface area contributed by atoms with Gasteiger partial charge in [-0.25, -0.2) is 0 Å². The van der Waals surface area contributed by atoms with Crippen LogP contribution in [-0.2, 0) is 13.2 Å². The van der Waals surface area contributed by atoms with E-state index in [1.54, 1.807) is 7.11 Å². The molecule has 3 rings (SSSR count). The third-order valence-corrected chi connectivity index (χ3v) is 3.38. The number of aliphatic hydroxyl groups excluding tert-OH is 1. The Bertz CT molecular complexity index is 731. The Labute approximate surface area is 123 Å². The molecule has 0 saturated heterocycles. The Morgan fingerprint density at radius 2 is 1.95 bits per heavy atom. The van der Waals surface area contributed by atoms with Gasteiger partial charge in [-0.15, -0.1) is 0 Å². The molecule has 0 unspecified atom stereocenters. The van der Waals surface area contributed by atoms with Crippen LogP contribution in [0.5, 0.6) is 5.75 Å². The lowest BCUT2D eigenvalue weighted by molar-refractivity contribution is 0.282. The van der Waals surface area contributed by atoms with Crippen LogP contribution in [0.1, 0.15) is 11.3 Å². The quantitative estimate of drug-likeness (QED) is 0.752. The molecule has 1 heterocycles. The Kier molecular flexibility index (Phi) is 3.79. The highest BCUT2D eigenvalue weighted by atomic mass is 16.5. The molecule has 0 spiro atoms. The molecule has 2 N–H and O–H groups in total. The Hall–Kier alpha value is -2.46. The Balaban J connectivity index is 1.75. The predicted molar refractivity (Wildman–Crippen MR) is 82.5 cm³/mol. The monoisotopic (exact) mass is 283 g/mol. The van der Waals surface area contributed by atoms with Crippen molar-refractivity contribution in [3.8, 4) is 5.75 Å². The van der Waals surface area contributed by atoms with Crippen LogP contribution in [0.4, 0.5) is 5.69 Å². The summed E-state index contributed by atoms with van der Waals surface area (Å²) in [5.74, 6) is 1.59. The molecule has 1 aromatic heterocycles. The van der Waals surface area contributed by atoms with Crippen LogP contribution in [-0.4, -0.2) is 12.2 Å². The maximum Gasteiger partial charge on any atom is 0.176 e. The number of hydrogen-bond donors (Lipinski definition) is 2. The molecular formula is C17H17NO3. The number of hydrogen-bond acceptors (Lipinski definition) is 4. The van der Waals surface area contributed by atoms with Gasteiger partial charge in [-0.2, -0.15) is 0 Å². The smallest absolute Gasteiger partial charge is 0.176 e. The van der Waals surface area contributed by atoms with Crippen molar-refractivity contribution in [3.05, 3.63) is 59.9 Å². The number of anilines is 1. The fraction of sp³-hybridized carbons (Fsp3) is 0.176. The largest absolute Gasteiger partial charge is 0.493 e. The molecule has 0 radical (unpaired) electrons. The van der Waals surface area contributed by atoms with Crippen molar-refractivity contribution in [1.29, 1.82) is 0 Å². The maximum atomic E-state index is 9.02. The second-order valence-electron chi connectivity index (χ2n) is 4.80. The molecule has 4 nitrogen and oxygen atoms in total. The topological polar surface area (TPSA) is 54.6 Å². The maximum absolute atomic E-state index is 9.02. The van der Waals surface area contributed by atoms with Gasteiger partial charge in [0.15, 0.2) is 11.3 Å². The molecule has 2 aromatic carbocycles. The van der Waals surface area contributed by atoms with Gasteiger partial charge >= 0.3 is 0 Å². The number of benzene rings is 2. The van der Waals surface area contributed by atoms with Gasteiger partial charge in [-0.05, 0) is 29.8 Å². The fourth-order valence-electron chi connectivity index (χ4n) is 2.25. The molecule has 3 aromatic rings. The van der Waals surface area contributed by atoms with E-state index in [4.69, 9.17) is 14.3 Å². The highest BCUT2D eigenvalue weighted by molar-refractivity contribution is 5.83. The number of rotatable bonds is 5. The molecule has 108 valence electrons. The van der Waals surface area contributed by atoms with Crippen LogP contribution < -0.4 is 10.1 Å². The summed E-state index contributed by atoms with van der Waals surface area (Å²) in [5, 5.41) is 13.3. The van der Waals surface area contributed by atoms with E-state index in [0.717, 1.165) is 33.7 Å². The summed E-state index contributed by atoms with van der Waals surface area (Å²) < 4.78 is 11.1. The van der Waals surface area contributed by atoms with Gasteiger partial charge in [-0.3, -0.25) is 0 Å². The van der Waals surface area contributed by atoms with Crippen molar-refractivity contribution in [3.63, 3.8) is 0 Å². The van der Waals surface area contributed by atoms with E-state index in [0.29, 0.717) is 6.54 Å². The summed E-state index contributed by atoms with van der Waals surface area (Å²) in [6, 6.07) is 15.5. The first-order chi connectivity index (χ1) is 10.3. The average molecular weight is 283 g/mol. The first kappa shape index (κ1) is 13.5. The number of furan rings is 1. The van der Waals surface area contributed by atoms with Crippen molar-refractivity contribution in [2.24, 2.45) is 0 Å². The minimum Gasteiger partial charge on any atom is -0.493 e. The van der Waals surface area contributed by atoms with E-state index in [-0.39, 0.29) is 6.61 Å². The van der Waals surface area contributed by atoms with E-state index in [2.05, 4.69) is 5.32 Å². The van der Waals surface area contributed by atoms with Crippen LogP contribution in [0.15, 0.2) is 52.9 Å². The molecule has 4 heteroatoms. The Morgan fingerprint density at radius 3 is 2.67 bits per heavy atom. The van der Waals surface area contributed by atoms with Crippen molar-refractivity contribution in [2.75, 3.05) is 12.4 Å². The number of nitrogens with one attached hydrogen (secondary N) is 1. The molecule has 0 aliphatic heterocycles.